The van der Waals surface area contributed by atoms with Gasteiger partial charge >= 0.3 is 0 Å². The Kier molecular flexibility index (Phi) is 5.32. The summed E-state index contributed by atoms with van der Waals surface area (Å²) in [6, 6.07) is 12.4. The molecule has 4 rings (SSSR count). The first-order chi connectivity index (χ1) is 12.6. The second-order valence-electron chi connectivity index (χ2n) is 6.50. The molecule has 0 bridgehead atoms. The minimum absolute atomic E-state index is 0.139. The third kappa shape index (κ3) is 3.54. The first-order valence-electron chi connectivity index (χ1n) is 8.60. The Hall–Kier alpha value is -1.40. The van der Waals surface area contributed by atoms with Gasteiger partial charge in [0.2, 0.25) is 0 Å². The van der Waals surface area contributed by atoms with Crippen LogP contribution in [0.2, 0.25) is 5.15 Å². The number of hydrogen-bond donors (Lipinski definition) is 2. The van der Waals surface area contributed by atoms with Gasteiger partial charge in [0.25, 0.3) is 0 Å². The van der Waals surface area contributed by atoms with Crippen LogP contribution in [-0.2, 0) is 6.54 Å². The Labute approximate surface area is 170 Å². The molecule has 2 atom stereocenters. The van der Waals surface area contributed by atoms with Crippen molar-refractivity contribution in [1.29, 1.82) is 0 Å². The van der Waals surface area contributed by atoms with Gasteiger partial charge in [0.1, 0.15) is 5.15 Å². The molecular formula is C20H19BrClN3S. The van der Waals surface area contributed by atoms with Crippen LogP contribution < -0.4 is 11.1 Å². The number of rotatable bonds is 4. The summed E-state index contributed by atoms with van der Waals surface area (Å²) in [6.45, 7) is 0.743. The lowest BCUT2D eigenvalue weighted by Gasteiger charge is -2.24. The number of benzene rings is 1. The number of halogens is 2. The molecule has 3 N–H and O–H groups in total. The number of hydrogen-bond acceptors (Lipinski definition) is 4. The number of aromatic nitrogens is 1. The normalized spacial score (nSPS) is 19.8. The molecule has 1 aliphatic carbocycles. The van der Waals surface area contributed by atoms with Crippen molar-refractivity contribution in [2.45, 2.75) is 31.3 Å². The van der Waals surface area contributed by atoms with E-state index in [2.05, 4.69) is 50.5 Å². The lowest BCUT2D eigenvalue weighted by atomic mass is 9.88. The molecule has 0 amide bonds. The highest BCUT2D eigenvalue weighted by atomic mass is 79.9. The van der Waals surface area contributed by atoms with E-state index >= 15 is 0 Å². The summed E-state index contributed by atoms with van der Waals surface area (Å²) in [5, 5.41) is 4.01. The summed E-state index contributed by atoms with van der Waals surface area (Å²) in [4.78, 5) is 5.82. The van der Waals surface area contributed by atoms with E-state index in [1.165, 1.54) is 10.4 Å². The van der Waals surface area contributed by atoms with E-state index in [0.29, 0.717) is 11.1 Å². The average Bonchev–Trinajstić information content (AvgIpc) is 2.98. The van der Waals surface area contributed by atoms with Crippen LogP contribution in [0.25, 0.3) is 10.2 Å². The summed E-state index contributed by atoms with van der Waals surface area (Å²) in [7, 11) is 0. The number of fused-ring (bicyclic) bond motifs is 1. The van der Waals surface area contributed by atoms with Crippen LogP contribution >= 0.6 is 38.9 Å². The number of anilines is 1. The molecule has 2 heterocycles. The fourth-order valence-corrected chi connectivity index (χ4v) is 5.79. The van der Waals surface area contributed by atoms with Gasteiger partial charge in [-0.3, -0.25) is 0 Å². The maximum absolute atomic E-state index is 6.38. The number of thiophene rings is 1. The summed E-state index contributed by atoms with van der Waals surface area (Å²) in [5.74, 6) is 0.314. The molecular weight excluding hydrogens is 430 g/mol. The second-order valence-corrected chi connectivity index (χ2v) is 8.74. The van der Waals surface area contributed by atoms with Crippen molar-refractivity contribution < 1.29 is 0 Å². The van der Waals surface area contributed by atoms with Gasteiger partial charge in [-0.25, -0.2) is 4.98 Å². The van der Waals surface area contributed by atoms with Crippen LogP contribution in [0, 0.1) is 0 Å². The molecule has 1 aliphatic rings. The third-order valence-electron chi connectivity index (χ3n) is 4.72. The number of nitrogens with one attached hydrogen (secondary N) is 1. The Balaban J connectivity index is 1.72. The first kappa shape index (κ1) is 18.0. The van der Waals surface area contributed by atoms with E-state index in [1.807, 2.05) is 24.3 Å². The van der Waals surface area contributed by atoms with Gasteiger partial charge in [-0.15, -0.1) is 11.3 Å². The molecule has 2 aromatic heterocycles. The van der Waals surface area contributed by atoms with Crippen LogP contribution in [0.4, 0.5) is 5.69 Å². The Morgan fingerprint density at radius 3 is 2.77 bits per heavy atom. The maximum Gasteiger partial charge on any atom is 0.131 e. The Morgan fingerprint density at radius 2 is 2.00 bits per heavy atom. The monoisotopic (exact) mass is 447 g/mol. The Morgan fingerprint density at radius 1 is 1.23 bits per heavy atom. The van der Waals surface area contributed by atoms with Crippen LogP contribution in [0.15, 0.2) is 53.0 Å². The molecule has 0 spiro atoms. The van der Waals surface area contributed by atoms with Crippen molar-refractivity contribution in [1.82, 2.24) is 4.98 Å². The van der Waals surface area contributed by atoms with E-state index < -0.39 is 0 Å². The van der Waals surface area contributed by atoms with Crippen molar-refractivity contribution in [2.75, 3.05) is 5.32 Å². The lowest BCUT2D eigenvalue weighted by molar-refractivity contribution is 0.527. The van der Waals surface area contributed by atoms with E-state index in [9.17, 15) is 0 Å². The number of allylic oxidation sites excluding steroid dienone is 1. The van der Waals surface area contributed by atoms with Crippen LogP contribution in [0.5, 0.6) is 0 Å². The Bertz CT molecular complexity index is 955. The second kappa shape index (κ2) is 7.69. The molecule has 0 saturated carbocycles. The zero-order valence-corrected chi connectivity index (χ0v) is 17.2. The molecule has 3 aromatic rings. The molecule has 0 fully saturated rings. The highest BCUT2D eigenvalue weighted by Crippen LogP contribution is 2.45. The van der Waals surface area contributed by atoms with E-state index in [4.69, 9.17) is 17.3 Å². The molecule has 1 aromatic carbocycles. The standard InChI is InChI=1S/C20H19BrClN3S/c21-17-18-20(26-19(17)13-8-4-5-9-14(13)23)15(10-16(22)25-18)24-11-12-6-2-1-3-7-12/h1-7,10,13-14H,8-9,11,23H2,(H,24,25)/t13-,14-/m1/s1. The summed E-state index contributed by atoms with van der Waals surface area (Å²) in [6.07, 6.45) is 6.27. The molecule has 0 aliphatic heterocycles. The van der Waals surface area contributed by atoms with Gasteiger partial charge in [-0.1, -0.05) is 54.1 Å². The fraction of sp³-hybridized carbons (Fsp3) is 0.250. The molecule has 26 heavy (non-hydrogen) atoms. The maximum atomic E-state index is 6.38. The van der Waals surface area contributed by atoms with Crippen LogP contribution in [0.3, 0.4) is 0 Å². The van der Waals surface area contributed by atoms with Crippen molar-refractivity contribution in [3.63, 3.8) is 0 Å². The van der Waals surface area contributed by atoms with E-state index in [0.717, 1.165) is 39.8 Å². The van der Waals surface area contributed by atoms with Gasteiger partial charge in [0.05, 0.1) is 20.4 Å². The highest BCUT2D eigenvalue weighted by molar-refractivity contribution is 9.10. The minimum Gasteiger partial charge on any atom is -0.380 e. The lowest BCUT2D eigenvalue weighted by Crippen LogP contribution is -2.29. The molecule has 3 nitrogen and oxygen atoms in total. The summed E-state index contributed by atoms with van der Waals surface area (Å²) >= 11 is 11.8. The number of nitrogens with zero attached hydrogens (tertiary/aromatic N) is 1. The summed E-state index contributed by atoms with van der Waals surface area (Å²) < 4.78 is 2.15. The van der Waals surface area contributed by atoms with E-state index in [1.54, 1.807) is 11.3 Å². The van der Waals surface area contributed by atoms with Gasteiger partial charge in [0, 0.05) is 29.4 Å². The third-order valence-corrected chi connectivity index (χ3v) is 7.33. The molecule has 0 unspecified atom stereocenters. The quantitative estimate of drug-likeness (QED) is 0.375. The van der Waals surface area contributed by atoms with Crippen molar-refractivity contribution in [3.05, 3.63) is 68.6 Å². The highest BCUT2D eigenvalue weighted by Gasteiger charge is 2.27. The van der Waals surface area contributed by atoms with Crippen LogP contribution in [0.1, 0.15) is 29.2 Å². The van der Waals surface area contributed by atoms with Crippen molar-refractivity contribution in [2.24, 2.45) is 5.73 Å². The summed E-state index contributed by atoms with van der Waals surface area (Å²) in [5.41, 5.74) is 9.53. The zero-order chi connectivity index (χ0) is 18.1. The first-order valence-corrected chi connectivity index (χ1v) is 10.6. The number of pyridine rings is 1. The molecule has 0 saturated heterocycles. The van der Waals surface area contributed by atoms with Crippen LogP contribution in [-0.4, -0.2) is 11.0 Å². The number of nitrogens with two attached hydrogens (primary N) is 1. The topological polar surface area (TPSA) is 50.9 Å². The van der Waals surface area contributed by atoms with Gasteiger partial charge in [-0.2, -0.15) is 0 Å². The van der Waals surface area contributed by atoms with Crippen molar-refractivity contribution in [3.8, 4) is 0 Å². The van der Waals surface area contributed by atoms with Crippen molar-refractivity contribution >= 4 is 54.8 Å². The minimum atomic E-state index is 0.139. The average molecular weight is 449 g/mol. The largest absolute Gasteiger partial charge is 0.380 e. The predicted molar refractivity (Wildman–Crippen MR) is 115 cm³/mol. The molecule has 134 valence electrons. The SMILES string of the molecule is N[C@@H]1CC=CC[C@H]1c1sc2c(NCc3ccccc3)cc(Cl)nc2c1Br. The van der Waals surface area contributed by atoms with Gasteiger partial charge in [-0.05, 0) is 34.3 Å². The predicted octanol–water partition coefficient (Wildman–Crippen LogP) is 6.09. The van der Waals surface area contributed by atoms with Gasteiger partial charge in [0.15, 0.2) is 0 Å². The van der Waals surface area contributed by atoms with Gasteiger partial charge < -0.3 is 11.1 Å². The smallest absolute Gasteiger partial charge is 0.131 e. The molecule has 6 heteroatoms. The molecule has 0 radical (unpaired) electrons. The van der Waals surface area contributed by atoms with E-state index in [-0.39, 0.29) is 6.04 Å². The zero-order valence-electron chi connectivity index (χ0n) is 14.1. The fourth-order valence-electron chi connectivity index (χ4n) is 3.33.